The first-order valence-corrected chi connectivity index (χ1v) is 34.1. The van der Waals surface area contributed by atoms with Gasteiger partial charge in [-0.2, -0.15) is 13.2 Å². The van der Waals surface area contributed by atoms with Crippen LogP contribution in [0.3, 0.4) is 0 Å². The molecule has 30 heteroatoms. The largest absolute Gasteiger partial charge is 0.522 e. The maximum Gasteiger partial charge on any atom is 0.522 e. The van der Waals surface area contributed by atoms with Crippen molar-refractivity contribution in [3.05, 3.63) is 0 Å². The van der Waals surface area contributed by atoms with Gasteiger partial charge in [-0.05, 0) is 133 Å². The topological polar surface area (TPSA) is 268 Å². The van der Waals surface area contributed by atoms with Gasteiger partial charge in [-0.15, -0.1) is 24.8 Å². The monoisotopic (exact) mass is 1380 g/mol. The summed E-state index contributed by atoms with van der Waals surface area (Å²) in [6, 6.07) is -8.22. The molecule has 11 atom stereocenters. The van der Waals surface area contributed by atoms with Crippen LogP contribution >= 0.6 is 11.6 Å². The Hall–Kier alpha value is -6.00. The molecule has 0 aromatic carbocycles. The van der Waals surface area contributed by atoms with Crippen LogP contribution in [0.1, 0.15) is 170 Å². The van der Waals surface area contributed by atoms with Crippen molar-refractivity contribution in [3.63, 3.8) is 0 Å². The fourth-order valence-corrected chi connectivity index (χ4v) is 14.8. The Balaban J connectivity index is 1.54. The van der Waals surface area contributed by atoms with E-state index in [1.807, 2.05) is 13.8 Å². The van der Waals surface area contributed by atoms with E-state index >= 15 is 9.59 Å². The zero-order valence-electron chi connectivity index (χ0n) is 57.6. The van der Waals surface area contributed by atoms with Crippen LogP contribution < -0.4 is 21.3 Å². The normalized spacial score (nSPS) is 30.5. The molecule has 0 aromatic heterocycles. The lowest BCUT2D eigenvalue weighted by Gasteiger charge is -2.39. The first-order chi connectivity index (χ1) is 44.2. The van der Waals surface area contributed by atoms with Gasteiger partial charge < -0.3 is 55.6 Å². The lowest BCUT2D eigenvalue weighted by molar-refractivity contribution is -0.345. The lowest BCUT2D eigenvalue weighted by atomic mass is 9.78. The first-order valence-electron chi connectivity index (χ1n) is 33.7. The fourth-order valence-electron chi connectivity index (χ4n) is 14.3. The zero-order chi connectivity index (χ0) is 71.4. The summed E-state index contributed by atoms with van der Waals surface area (Å²) in [5.74, 6) is -11.3. The summed E-state index contributed by atoms with van der Waals surface area (Å²) in [7, 11) is 8.10. The molecule has 23 nitrogen and oxygen atoms in total. The van der Waals surface area contributed by atoms with E-state index in [1.54, 1.807) is 34.6 Å². The summed E-state index contributed by atoms with van der Waals surface area (Å²) >= 11 is 6.34. The smallest absolute Gasteiger partial charge is 0.351 e. The highest BCUT2D eigenvalue weighted by molar-refractivity contribution is 6.20. The maximum atomic E-state index is 15.1. The number of halogens is 7. The van der Waals surface area contributed by atoms with E-state index in [0.29, 0.717) is 25.7 Å². The van der Waals surface area contributed by atoms with Gasteiger partial charge in [0.25, 0.3) is 0 Å². The van der Waals surface area contributed by atoms with Crippen molar-refractivity contribution in [2.45, 2.75) is 242 Å². The molecule has 4 N–H and O–H groups in total. The molecule has 0 radical (unpaired) electrons. The Morgan fingerprint density at radius 2 is 1.21 bits per heavy atom. The molecule has 5 fully saturated rings. The van der Waals surface area contributed by atoms with Gasteiger partial charge in [0.2, 0.25) is 65.0 Å². The summed E-state index contributed by atoms with van der Waals surface area (Å²) < 4.78 is 85.9. The van der Waals surface area contributed by atoms with E-state index in [-0.39, 0.29) is 109 Å². The molecule has 540 valence electrons. The Morgan fingerprint density at radius 1 is 0.621 bits per heavy atom. The number of alkyl halides is 7. The number of amides is 11. The highest BCUT2D eigenvalue weighted by Gasteiger charge is 2.51. The number of fused-ring (bicyclic) bond motifs is 1. The zero-order valence-corrected chi connectivity index (χ0v) is 58.4. The second kappa shape index (κ2) is 34.5. The third-order valence-corrected chi connectivity index (χ3v) is 20.6. The van der Waals surface area contributed by atoms with Gasteiger partial charge in [-0.3, -0.25) is 57.5 Å². The van der Waals surface area contributed by atoms with E-state index in [9.17, 15) is 69.5 Å². The van der Waals surface area contributed by atoms with E-state index in [0.717, 1.165) is 19.6 Å². The van der Waals surface area contributed by atoms with Crippen molar-refractivity contribution in [3.8, 4) is 0 Å². The minimum absolute atomic E-state index is 0.0277. The SMILES string of the molecule is CC[C@H](C)[C@@H]1NC(=O)[C@H](CC(C)C)N(C)C(=O)C[C@@H](C)NC(=O)[C@H](C(C)C)N(C)C(=O)C2(CCCC2)NC(=O)[C@@H]2CCCN2C(=O)[C@H](CCC2CCC(C(F)(F)F)C(Cl)C2)NC(=O)CN(C)C(=O)[C@H](CC2CCC(OC(F)(F)F)CC2)N(C)C(=O)CN(C)C(=O)CN(C)C1=O. The van der Waals surface area contributed by atoms with E-state index in [2.05, 4.69) is 26.0 Å². The predicted molar refractivity (Wildman–Crippen MR) is 340 cm³/mol. The fraction of sp³-hybridized carbons (Fsp3) is 0.831. The third-order valence-electron chi connectivity index (χ3n) is 20.1. The standard InChI is InChI=1S/C65H104ClF6N11O12/c1-14-39(6)54-61(93)79(10)35-52(86)77(8)36-53(87)81(12)49(33-42-19-23-43(24-20-42)95-65(70,71)72)60(92)78(9)34-50(84)74-46(26-22-41-21-25-44(45(66)32-41)64(67,68)69)59(91)83-29-17-18-47(83)57(89)76-63(27-15-16-28-63)62(94)82(13)55(38(4)5)58(90)73-40(7)31-51(85)80(11)48(30-37(2)3)56(88)75-54/h37-49,54-55H,14-36H2,1-13H3,(H,73,90)(H,74,84)(H,75,88)(H,76,89)/t39-,40+,41?,42?,43?,44?,45?,46-,47-,48-,49-,54-,55-/m0/s1. The van der Waals surface area contributed by atoms with Gasteiger partial charge in [0.1, 0.15) is 41.8 Å². The highest BCUT2D eigenvalue weighted by atomic mass is 35.5. The van der Waals surface area contributed by atoms with Crippen LogP contribution in [0.2, 0.25) is 0 Å². The average molecular weight is 1380 g/mol. The molecule has 95 heavy (non-hydrogen) atoms. The van der Waals surface area contributed by atoms with Crippen LogP contribution in [0, 0.1) is 35.5 Å². The van der Waals surface area contributed by atoms with Crippen LogP contribution in [0.25, 0.3) is 0 Å². The van der Waals surface area contributed by atoms with Crippen LogP contribution in [0.5, 0.6) is 0 Å². The van der Waals surface area contributed by atoms with Crippen LogP contribution in [0.4, 0.5) is 26.3 Å². The molecule has 2 heterocycles. The number of hydrogen-bond donors (Lipinski definition) is 4. The average Bonchev–Trinajstić information content (AvgIpc) is 1.73. The van der Waals surface area contributed by atoms with Crippen molar-refractivity contribution >= 4 is 76.6 Å². The van der Waals surface area contributed by atoms with Gasteiger partial charge in [0.15, 0.2) is 0 Å². The van der Waals surface area contributed by atoms with E-state index < -0.39 is 186 Å². The van der Waals surface area contributed by atoms with Crippen molar-refractivity contribution < 1.29 is 83.8 Å². The number of carbonyl (C=O) groups is 11. The number of hydrogen-bond acceptors (Lipinski definition) is 12. The molecule has 5 rings (SSSR count). The molecule has 0 aromatic rings. The van der Waals surface area contributed by atoms with Crippen molar-refractivity contribution in [2.24, 2.45) is 35.5 Å². The summed E-state index contributed by atoms with van der Waals surface area (Å²) in [4.78, 5) is 168. The molecule has 2 saturated heterocycles. The lowest BCUT2D eigenvalue weighted by Crippen LogP contribution is -2.64. The van der Waals surface area contributed by atoms with Gasteiger partial charge in [0.05, 0.1) is 31.7 Å². The third kappa shape index (κ3) is 21.7. The van der Waals surface area contributed by atoms with E-state index in [1.165, 1.54) is 57.0 Å². The van der Waals surface area contributed by atoms with Gasteiger partial charge in [0, 0.05) is 66.7 Å². The van der Waals surface area contributed by atoms with Gasteiger partial charge in [-0.1, -0.05) is 60.8 Å². The molecule has 2 aliphatic heterocycles. The van der Waals surface area contributed by atoms with E-state index in [4.69, 9.17) is 11.6 Å². The van der Waals surface area contributed by atoms with Crippen LogP contribution in [-0.4, -0.2) is 240 Å². The second-order valence-corrected chi connectivity index (χ2v) is 28.9. The Morgan fingerprint density at radius 3 is 1.78 bits per heavy atom. The molecule has 3 saturated carbocycles. The minimum Gasteiger partial charge on any atom is -0.351 e. The maximum absolute atomic E-state index is 15.1. The molecule has 3 aliphatic carbocycles. The van der Waals surface area contributed by atoms with Crippen LogP contribution in [-0.2, 0) is 57.5 Å². The molecule has 3 unspecified atom stereocenters. The predicted octanol–water partition coefficient (Wildman–Crippen LogP) is 5.74. The molecule has 1 spiro atoms. The molecule has 0 bridgehead atoms. The Labute approximate surface area is 560 Å². The number of ether oxygens (including phenoxy) is 1. The first kappa shape index (κ1) is 79.7. The quantitative estimate of drug-likeness (QED) is 0.143. The van der Waals surface area contributed by atoms with Crippen LogP contribution in [0.15, 0.2) is 0 Å². The number of nitrogens with one attached hydrogen (secondary N) is 4. The van der Waals surface area contributed by atoms with Gasteiger partial charge in [-0.25, -0.2) is 0 Å². The van der Waals surface area contributed by atoms with Crippen molar-refractivity contribution in [1.29, 1.82) is 0 Å². The Bertz CT molecular complexity index is 2710. The highest BCUT2D eigenvalue weighted by Crippen LogP contribution is 2.44. The second-order valence-electron chi connectivity index (χ2n) is 28.4. The number of likely N-dealkylation sites (N-methyl/N-ethyl adjacent to an activating group) is 6. The van der Waals surface area contributed by atoms with Gasteiger partial charge >= 0.3 is 12.5 Å². The molecular weight excluding hydrogens is 1280 g/mol. The van der Waals surface area contributed by atoms with Crippen molar-refractivity contribution in [2.75, 3.05) is 68.5 Å². The van der Waals surface area contributed by atoms with Crippen molar-refractivity contribution in [1.82, 2.24) is 55.6 Å². The molecular formula is C65H104ClF6N11O12. The molecule has 11 amide bonds. The number of nitrogens with zero attached hydrogens (tertiary/aromatic N) is 7. The summed E-state index contributed by atoms with van der Waals surface area (Å²) in [5.41, 5.74) is -1.53. The summed E-state index contributed by atoms with van der Waals surface area (Å²) in [5, 5.41) is 10.2. The molecule has 5 aliphatic rings. The number of rotatable bonds is 11. The summed E-state index contributed by atoms with van der Waals surface area (Å²) in [6.07, 6.45) is -8.48. The Kier molecular flexibility index (Phi) is 28.9. The number of carbonyl (C=O) groups excluding carboxylic acids is 11. The minimum atomic E-state index is -4.89. The summed E-state index contributed by atoms with van der Waals surface area (Å²) in [6.45, 7) is 10.4.